The number of hydrogen-bond donors (Lipinski definition) is 0. The summed E-state index contributed by atoms with van der Waals surface area (Å²) >= 11 is 1.76. The molecule has 0 rings (SSSR count). The van der Waals surface area contributed by atoms with E-state index in [1.54, 1.807) is 13.6 Å². The molecule has 0 spiro atoms. The summed E-state index contributed by atoms with van der Waals surface area (Å²) in [7, 11) is 1.31. The second-order valence-electron chi connectivity index (χ2n) is 0.316. The van der Waals surface area contributed by atoms with Crippen LogP contribution in [0.5, 0.6) is 0 Å². The van der Waals surface area contributed by atoms with Crippen LogP contribution in [0.15, 0.2) is 0 Å². The van der Waals surface area contributed by atoms with Crippen molar-refractivity contribution < 1.29 is 65.1 Å². The zero-order valence-corrected chi connectivity index (χ0v) is 10.0. The first-order valence-corrected chi connectivity index (χ1v) is 5.22. The van der Waals surface area contributed by atoms with Gasteiger partial charge in [0.05, 0.1) is 0 Å². The Morgan fingerprint density at radius 1 is 1.50 bits per heavy atom. The Morgan fingerprint density at radius 3 is 1.50 bits per heavy atom. The number of rotatable bonds is 0. The molecule has 0 bridgehead atoms. The van der Waals surface area contributed by atoms with Crippen molar-refractivity contribution >= 4 is 15.7 Å². The monoisotopic (exact) mass is 265 g/mol. The van der Waals surface area contributed by atoms with Crippen molar-refractivity contribution in [3.8, 4) is 0 Å². The van der Waals surface area contributed by atoms with Crippen LogP contribution < -0.4 is 0 Å². The van der Waals surface area contributed by atoms with Gasteiger partial charge in [0.15, 0.2) is 0 Å². The van der Waals surface area contributed by atoms with E-state index < -0.39 is 0 Å². The van der Waals surface area contributed by atoms with Crippen LogP contribution in [0.3, 0.4) is 0 Å². The molecule has 0 N–H and O–H groups in total. The van der Waals surface area contributed by atoms with Crippen molar-refractivity contribution in [2.24, 2.45) is 0 Å². The van der Waals surface area contributed by atoms with Gasteiger partial charge in [-0.05, 0) is 0 Å². The van der Waals surface area contributed by atoms with Gasteiger partial charge < -0.3 is 0 Å². The van der Waals surface area contributed by atoms with Crippen molar-refractivity contribution in [3.05, 3.63) is 0 Å². The van der Waals surface area contributed by atoms with E-state index in [0.29, 0.717) is 0 Å². The van der Waals surface area contributed by atoms with Gasteiger partial charge >= 0.3 is 29.3 Å². The van der Waals surface area contributed by atoms with Crippen molar-refractivity contribution in [1.29, 1.82) is 0 Å². The standard InChI is InChI=1S/BH2.Cr.Fe.Mn.Ni.H3Si/h1H2;;;;;1H3/q+1;;;;-1;. The van der Waals surface area contributed by atoms with E-state index in [2.05, 4.69) is 6.74 Å². The Morgan fingerprint density at radius 2 is 1.50 bits per heavy atom. The third-order valence-electron chi connectivity index (χ3n) is 0. The van der Waals surface area contributed by atoms with E-state index in [0.717, 1.165) is 0 Å². The molecule has 0 aromatic carbocycles. The summed E-state index contributed by atoms with van der Waals surface area (Å²) < 4.78 is 0. The second-order valence-corrected chi connectivity index (χ2v) is 3.91. The predicted octanol–water partition coefficient (Wildman–Crippen LogP) is -2.11. The molecule has 0 aliphatic carbocycles. The molecule has 1 radical (unpaired) electrons. The third kappa shape index (κ3) is 32.9. The summed E-state index contributed by atoms with van der Waals surface area (Å²) in [6, 6.07) is 0. The molecule has 43 valence electrons. The van der Waals surface area contributed by atoms with E-state index >= 15 is 0 Å². The normalized spacial score (nSPS) is 4.00. The molecule has 0 unspecified atom stereocenters. The first-order chi connectivity index (χ1) is 1.41. The fourth-order valence-electron chi connectivity index (χ4n) is 0. The first-order valence-electron chi connectivity index (χ1n) is 0.632. The molecule has 0 aromatic rings. The molecule has 0 saturated carbocycles. The molecule has 6 heteroatoms. The Hall–Kier alpha value is 2.35. The fraction of sp³-hybridized carbons (Fsp3) is 0. The summed E-state index contributed by atoms with van der Waals surface area (Å²) in [5.41, 5.74) is 0. The zero-order chi connectivity index (χ0) is 2.71. The molecular formula is H5BCrFeMnNiSi. The van der Waals surface area contributed by atoms with Gasteiger partial charge in [-0.2, -0.15) is 0 Å². The maximum atomic E-state index is 2.12. The smallest absolute Gasteiger partial charge is 0 e. The summed E-state index contributed by atoms with van der Waals surface area (Å²) in [4.78, 5) is 0. The van der Waals surface area contributed by atoms with Crippen LogP contribution in [0.1, 0.15) is 0 Å². The Balaban J connectivity index is -0.00000000667. The summed E-state index contributed by atoms with van der Waals surface area (Å²) in [5.74, 6) is 0. The van der Waals surface area contributed by atoms with Crippen LogP contribution >= 0.6 is 0 Å². The molecule has 0 atom stereocenters. The maximum absolute atomic E-state index is 2.12. The maximum Gasteiger partial charge on any atom is 0 e. The zero-order valence-electron chi connectivity index (χ0n) is 3.46. The predicted molar refractivity (Wildman–Crippen MR) is 18.5 cm³/mol. The minimum atomic E-state index is 0. The molecule has 0 amide bonds. The van der Waals surface area contributed by atoms with Gasteiger partial charge in [0, 0.05) is 51.5 Å². The van der Waals surface area contributed by atoms with Gasteiger partial charge in [0.25, 0.3) is 0 Å². The SMILES string of the molecule is [BH2][Ni][SiH3].[Cr].[Fe].[Mn]. The van der Waals surface area contributed by atoms with E-state index in [1.807, 2.05) is 0 Å². The molecule has 0 fully saturated rings. The van der Waals surface area contributed by atoms with Crippen LogP contribution in [0, 0.1) is 0 Å². The first kappa shape index (κ1) is 23.8. The quantitative estimate of drug-likeness (QED) is 0.440. The van der Waals surface area contributed by atoms with Gasteiger partial charge in [0.2, 0.25) is 0 Å². The van der Waals surface area contributed by atoms with Gasteiger partial charge in [0.1, 0.15) is 0 Å². The van der Waals surface area contributed by atoms with E-state index in [-0.39, 0.29) is 51.5 Å². The summed E-state index contributed by atoms with van der Waals surface area (Å²) in [6.07, 6.45) is 0. The minimum Gasteiger partial charge on any atom is 0 e. The second kappa shape index (κ2) is 26.4. The minimum absolute atomic E-state index is 0. The molecule has 0 aliphatic rings. The number of hydrogen-bond acceptors (Lipinski definition) is 0. The van der Waals surface area contributed by atoms with Crippen LogP contribution in [0.4, 0.5) is 0 Å². The van der Waals surface area contributed by atoms with Crippen molar-refractivity contribution in [2.45, 2.75) is 0 Å². The molecule has 6 heavy (non-hydrogen) atoms. The van der Waals surface area contributed by atoms with Crippen molar-refractivity contribution in [3.63, 3.8) is 0 Å². The van der Waals surface area contributed by atoms with Crippen LogP contribution in [-0.4, -0.2) is 15.7 Å². The van der Waals surface area contributed by atoms with Crippen molar-refractivity contribution in [2.75, 3.05) is 0 Å². The molecule has 0 saturated heterocycles. The van der Waals surface area contributed by atoms with E-state index in [9.17, 15) is 0 Å². The Bertz CT molecular complexity index is 15.5. The van der Waals surface area contributed by atoms with E-state index in [1.165, 1.54) is 8.94 Å². The van der Waals surface area contributed by atoms with Gasteiger partial charge in [-0.1, -0.05) is 0 Å². The molecule has 0 nitrogen and oxygen atoms in total. The van der Waals surface area contributed by atoms with Crippen LogP contribution in [0.2, 0.25) is 0 Å². The largest absolute Gasteiger partial charge is 0 e. The average molecular weight is 265 g/mol. The summed E-state index contributed by atoms with van der Waals surface area (Å²) in [5, 5.41) is 0. The van der Waals surface area contributed by atoms with Gasteiger partial charge in [-0.25, -0.2) is 0 Å². The van der Waals surface area contributed by atoms with Crippen molar-refractivity contribution in [1.82, 2.24) is 0 Å². The van der Waals surface area contributed by atoms with Gasteiger partial charge in [-0.3, -0.25) is 0 Å². The topological polar surface area (TPSA) is 0 Å². The van der Waals surface area contributed by atoms with Crippen LogP contribution in [-0.2, 0) is 65.1 Å². The molecule has 0 aliphatic heterocycles. The average Bonchev–Trinajstić information content (AvgIpc) is 0.918. The third-order valence-corrected chi connectivity index (χ3v) is 0. The molecule has 0 heterocycles. The fourth-order valence-corrected chi connectivity index (χ4v) is 0. The van der Waals surface area contributed by atoms with E-state index in [4.69, 9.17) is 0 Å². The van der Waals surface area contributed by atoms with Gasteiger partial charge in [-0.15, -0.1) is 0 Å². The molecular weight excluding hydrogens is 260 g/mol. The Kier molecular flexibility index (Phi) is 105. The van der Waals surface area contributed by atoms with Crippen LogP contribution in [0.25, 0.3) is 0 Å². The Labute approximate surface area is 80.0 Å². The summed E-state index contributed by atoms with van der Waals surface area (Å²) in [6.45, 7) is 2.12. The molecule has 0 aromatic heterocycles.